The number of nitrogens with one attached hydrogen (secondary N) is 1. The molecule has 2 amide bonds. The largest absolute Gasteiger partial charge is 0.497 e. The zero-order valence-electron chi connectivity index (χ0n) is 28.0. The summed E-state index contributed by atoms with van der Waals surface area (Å²) >= 11 is 0. The number of benzene rings is 4. The first kappa shape index (κ1) is 34.7. The Morgan fingerprint density at radius 2 is 1.50 bits per heavy atom. The molecular formula is C39H45N3O5S. The third kappa shape index (κ3) is 8.83. The lowest BCUT2D eigenvalue weighted by atomic mass is 9.94. The summed E-state index contributed by atoms with van der Waals surface area (Å²) in [4.78, 5) is 30.6. The van der Waals surface area contributed by atoms with Gasteiger partial charge in [-0.1, -0.05) is 103 Å². The molecule has 0 heterocycles. The predicted molar refractivity (Wildman–Crippen MR) is 189 cm³/mol. The summed E-state index contributed by atoms with van der Waals surface area (Å²) in [6.07, 6.45) is 5.31. The first-order valence-electron chi connectivity index (χ1n) is 16.6. The number of rotatable bonds is 13. The van der Waals surface area contributed by atoms with E-state index >= 15 is 0 Å². The van der Waals surface area contributed by atoms with Crippen molar-refractivity contribution in [2.45, 2.75) is 75.9 Å². The van der Waals surface area contributed by atoms with Gasteiger partial charge < -0.3 is 15.0 Å². The number of hydrogen-bond donors (Lipinski definition) is 1. The van der Waals surface area contributed by atoms with Crippen LogP contribution in [0, 0.1) is 13.8 Å². The Kier molecular flexibility index (Phi) is 11.5. The van der Waals surface area contributed by atoms with Crippen molar-refractivity contribution in [2.75, 3.05) is 18.0 Å². The first-order chi connectivity index (χ1) is 23.1. The molecule has 252 valence electrons. The summed E-state index contributed by atoms with van der Waals surface area (Å²) in [5.74, 6) is -0.273. The van der Waals surface area contributed by atoms with E-state index < -0.39 is 28.5 Å². The SMILES string of the molecule is COc1cccc(N(CC(=O)N(Cc2cccc(C)c2)C(Cc2ccccc2)C(=O)NC2CCCCC2)S(=O)(=O)c2ccc(C)cc2)c1. The molecule has 1 aliphatic rings. The maximum Gasteiger partial charge on any atom is 0.264 e. The predicted octanol–water partition coefficient (Wildman–Crippen LogP) is 6.60. The van der Waals surface area contributed by atoms with Crippen LogP contribution in [-0.4, -0.2) is 50.9 Å². The van der Waals surface area contributed by atoms with Gasteiger partial charge >= 0.3 is 0 Å². The number of ether oxygens (including phenoxy) is 1. The van der Waals surface area contributed by atoms with Crippen molar-refractivity contribution in [3.63, 3.8) is 0 Å². The van der Waals surface area contributed by atoms with Crippen LogP contribution in [0.15, 0.2) is 108 Å². The molecule has 0 radical (unpaired) electrons. The molecule has 0 spiro atoms. The summed E-state index contributed by atoms with van der Waals surface area (Å²) in [5.41, 5.74) is 3.97. The van der Waals surface area contributed by atoms with E-state index in [1.165, 1.54) is 7.11 Å². The number of carbonyl (C=O) groups excluding carboxylic acids is 2. The molecule has 1 N–H and O–H groups in total. The number of nitrogens with zero attached hydrogens (tertiary/aromatic N) is 2. The lowest BCUT2D eigenvalue weighted by molar-refractivity contribution is -0.140. The van der Waals surface area contributed by atoms with Gasteiger partial charge in [-0.05, 0) is 62.1 Å². The fourth-order valence-corrected chi connectivity index (χ4v) is 7.64. The highest BCUT2D eigenvalue weighted by molar-refractivity contribution is 7.92. The summed E-state index contributed by atoms with van der Waals surface area (Å²) in [5, 5.41) is 3.25. The summed E-state index contributed by atoms with van der Waals surface area (Å²) in [7, 11) is -2.70. The van der Waals surface area contributed by atoms with Crippen molar-refractivity contribution < 1.29 is 22.7 Å². The summed E-state index contributed by atoms with van der Waals surface area (Å²) in [6.45, 7) is 3.48. The molecule has 0 saturated heterocycles. The lowest BCUT2D eigenvalue weighted by Gasteiger charge is -2.35. The Labute approximate surface area is 284 Å². The van der Waals surface area contributed by atoms with Gasteiger partial charge in [-0.15, -0.1) is 0 Å². The monoisotopic (exact) mass is 667 g/mol. The van der Waals surface area contributed by atoms with Crippen LogP contribution in [0.1, 0.15) is 54.4 Å². The second kappa shape index (κ2) is 16.0. The molecule has 1 unspecified atom stereocenters. The van der Waals surface area contributed by atoms with Gasteiger partial charge in [0.25, 0.3) is 10.0 Å². The molecule has 5 rings (SSSR count). The van der Waals surface area contributed by atoms with E-state index in [0.717, 1.165) is 58.7 Å². The summed E-state index contributed by atoms with van der Waals surface area (Å²) in [6, 6.07) is 29.8. The highest BCUT2D eigenvalue weighted by Crippen LogP contribution is 2.28. The van der Waals surface area contributed by atoms with Crippen molar-refractivity contribution in [1.29, 1.82) is 0 Å². The van der Waals surface area contributed by atoms with E-state index in [2.05, 4.69) is 5.32 Å². The molecule has 8 nitrogen and oxygen atoms in total. The maximum absolute atomic E-state index is 14.7. The maximum atomic E-state index is 14.7. The molecule has 1 saturated carbocycles. The smallest absolute Gasteiger partial charge is 0.264 e. The van der Waals surface area contributed by atoms with E-state index in [1.807, 2.05) is 68.4 Å². The standard InChI is InChI=1S/C39H45N3O5S/c1-29-20-22-36(23-21-29)48(45,46)42(34-18-11-19-35(26-34)47-3)28-38(43)41(27-32-15-10-12-30(2)24-32)37(25-31-13-6-4-7-14-31)39(44)40-33-16-8-5-9-17-33/h4,6-7,10-15,18-24,26,33,37H,5,8-9,16-17,25,27-28H2,1-3H3,(H,40,44). The molecule has 1 fully saturated rings. The second-order valence-corrected chi connectivity index (χ2v) is 14.4. The molecule has 48 heavy (non-hydrogen) atoms. The molecule has 9 heteroatoms. The number of carbonyl (C=O) groups is 2. The zero-order chi connectivity index (χ0) is 34.1. The minimum atomic E-state index is -4.20. The normalized spacial score (nSPS) is 14.1. The van der Waals surface area contributed by atoms with E-state index in [1.54, 1.807) is 53.4 Å². The molecule has 4 aromatic carbocycles. The topological polar surface area (TPSA) is 96.0 Å². The van der Waals surface area contributed by atoms with Gasteiger partial charge in [0.1, 0.15) is 18.3 Å². The molecule has 0 aromatic heterocycles. The third-order valence-corrected chi connectivity index (χ3v) is 10.7. The van der Waals surface area contributed by atoms with Gasteiger partial charge in [-0.25, -0.2) is 8.42 Å². The van der Waals surface area contributed by atoms with Crippen LogP contribution in [0.25, 0.3) is 0 Å². The van der Waals surface area contributed by atoms with Crippen LogP contribution in [0.2, 0.25) is 0 Å². The van der Waals surface area contributed by atoms with Gasteiger partial charge in [0.15, 0.2) is 0 Å². The molecular weight excluding hydrogens is 623 g/mol. The van der Waals surface area contributed by atoms with Crippen LogP contribution >= 0.6 is 0 Å². The van der Waals surface area contributed by atoms with Gasteiger partial charge in [-0.2, -0.15) is 0 Å². The lowest BCUT2D eigenvalue weighted by Crippen LogP contribution is -2.55. The Balaban J connectivity index is 1.57. The highest BCUT2D eigenvalue weighted by atomic mass is 32.2. The van der Waals surface area contributed by atoms with E-state index in [-0.39, 0.29) is 35.5 Å². The number of sulfonamides is 1. The Morgan fingerprint density at radius 1 is 0.812 bits per heavy atom. The minimum absolute atomic E-state index is 0.0376. The van der Waals surface area contributed by atoms with Crippen molar-refractivity contribution in [3.05, 3.63) is 125 Å². The van der Waals surface area contributed by atoms with Crippen LogP contribution in [-0.2, 0) is 32.6 Å². The third-order valence-electron chi connectivity index (χ3n) is 8.89. The Morgan fingerprint density at radius 3 is 2.19 bits per heavy atom. The fourth-order valence-electron chi connectivity index (χ4n) is 6.24. The van der Waals surface area contributed by atoms with Crippen molar-refractivity contribution in [3.8, 4) is 5.75 Å². The van der Waals surface area contributed by atoms with Crippen molar-refractivity contribution >= 4 is 27.5 Å². The van der Waals surface area contributed by atoms with E-state index in [4.69, 9.17) is 4.74 Å². The molecule has 1 aliphatic carbocycles. The van der Waals surface area contributed by atoms with Crippen LogP contribution in [0.4, 0.5) is 5.69 Å². The molecule has 0 bridgehead atoms. The van der Waals surface area contributed by atoms with Gasteiger partial charge in [-0.3, -0.25) is 13.9 Å². The van der Waals surface area contributed by atoms with Gasteiger partial charge in [0.05, 0.1) is 17.7 Å². The number of methoxy groups -OCH3 is 1. The highest BCUT2D eigenvalue weighted by Gasteiger charge is 2.35. The van der Waals surface area contributed by atoms with E-state index in [9.17, 15) is 18.0 Å². The second-order valence-electron chi connectivity index (χ2n) is 12.6. The van der Waals surface area contributed by atoms with Crippen LogP contribution < -0.4 is 14.4 Å². The molecule has 0 aliphatic heterocycles. The number of amides is 2. The first-order valence-corrected chi connectivity index (χ1v) is 18.0. The fraction of sp³-hybridized carbons (Fsp3) is 0.333. The Bertz CT molecular complexity index is 1790. The average Bonchev–Trinajstić information content (AvgIpc) is 3.09. The van der Waals surface area contributed by atoms with Crippen molar-refractivity contribution in [2.24, 2.45) is 0 Å². The quantitative estimate of drug-likeness (QED) is 0.174. The summed E-state index contributed by atoms with van der Waals surface area (Å²) < 4.78 is 35.1. The van der Waals surface area contributed by atoms with Crippen LogP contribution in [0.5, 0.6) is 5.75 Å². The molecule has 1 atom stereocenters. The molecule has 4 aromatic rings. The average molecular weight is 668 g/mol. The van der Waals surface area contributed by atoms with Crippen molar-refractivity contribution in [1.82, 2.24) is 10.2 Å². The number of anilines is 1. The number of aryl methyl sites for hydroxylation is 2. The minimum Gasteiger partial charge on any atom is -0.497 e. The van der Waals surface area contributed by atoms with E-state index in [0.29, 0.717) is 5.75 Å². The Hall–Kier alpha value is -4.63. The van der Waals surface area contributed by atoms with Gasteiger partial charge in [0, 0.05) is 25.1 Å². The van der Waals surface area contributed by atoms with Crippen LogP contribution in [0.3, 0.4) is 0 Å². The number of hydrogen-bond acceptors (Lipinski definition) is 5. The zero-order valence-corrected chi connectivity index (χ0v) is 28.8. The van der Waals surface area contributed by atoms with Gasteiger partial charge in [0.2, 0.25) is 11.8 Å².